The Morgan fingerprint density at radius 3 is 2.90 bits per heavy atom. The van der Waals surface area contributed by atoms with E-state index >= 15 is 0 Å². The SMILES string of the molecule is Cc1csc(C(C)NS(=O)(=O)c2cnn(CCO)c2)n1. The minimum absolute atomic E-state index is 0.0751. The molecule has 20 heavy (non-hydrogen) atoms. The monoisotopic (exact) mass is 316 g/mol. The molecule has 1 atom stereocenters. The van der Waals surface area contributed by atoms with Crippen LogP contribution in [0.25, 0.3) is 0 Å². The number of aliphatic hydroxyl groups excluding tert-OH is 1. The Kier molecular flexibility index (Phi) is 4.53. The second-order valence-electron chi connectivity index (χ2n) is 4.33. The molecule has 0 aromatic carbocycles. The lowest BCUT2D eigenvalue weighted by Crippen LogP contribution is -2.26. The Balaban J connectivity index is 2.13. The van der Waals surface area contributed by atoms with Gasteiger partial charge in [-0.05, 0) is 13.8 Å². The Bertz CT molecular complexity index is 677. The van der Waals surface area contributed by atoms with Crippen LogP contribution in [0.4, 0.5) is 0 Å². The highest BCUT2D eigenvalue weighted by molar-refractivity contribution is 7.89. The molecule has 0 amide bonds. The molecule has 0 aliphatic rings. The number of nitrogens with zero attached hydrogens (tertiary/aromatic N) is 3. The number of rotatable bonds is 6. The summed E-state index contributed by atoms with van der Waals surface area (Å²) in [6.07, 6.45) is 2.65. The highest BCUT2D eigenvalue weighted by Gasteiger charge is 2.21. The maximum Gasteiger partial charge on any atom is 0.244 e. The number of hydrogen-bond acceptors (Lipinski definition) is 6. The molecule has 2 aromatic heterocycles. The molecule has 9 heteroatoms. The molecule has 2 aromatic rings. The number of nitrogens with one attached hydrogen (secondary N) is 1. The predicted molar refractivity (Wildman–Crippen MR) is 74.9 cm³/mol. The van der Waals surface area contributed by atoms with Crippen molar-refractivity contribution in [2.24, 2.45) is 0 Å². The van der Waals surface area contributed by atoms with Crippen molar-refractivity contribution in [1.82, 2.24) is 19.5 Å². The molecule has 110 valence electrons. The van der Waals surface area contributed by atoms with Gasteiger partial charge in [0, 0.05) is 17.3 Å². The van der Waals surface area contributed by atoms with Crippen molar-refractivity contribution in [3.63, 3.8) is 0 Å². The molecule has 0 aliphatic heterocycles. The van der Waals surface area contributed by atoms with Crippen molar-refractivity contribution in [1.29, 1.82) is 0 Å². The lowest BCUT2D eigenvalue weighted by Gasteiger charge is -2.10. The van der Waals surface area contributed by atoms with E-state index in [2.05, 4.69) is 14.8 Å². The summed E-state index contributed by atoms with van der Waals surface area (Å²) in [5, 5.41) is 15.3. The van der Waals surface area contributed by atoms with Crippen molar-refractivity contribution >= 4 is 21.4 Å². The van der Waals surface area contributed by atoms with Crippen LogP contribution in [-0.4, -0.2) is 34.9 Å². The molecular formula is C11H16N4O3S2. The van der Waals surface area contributed by atoms with E-state index in [1.54, 1.807) is 6.92 Å². The molecule has 0 fully saturated rings. The number of sulfonamides is 1. The van der Waals surface area contributed by atoms with Crippen LogP contribution in [0, 0.1) is 6.92 Å². The minimum atomic E-state index is -3.64. The second kappa shape index (κ2) is 6.00. The van der Waals surface area contributed by atoms with Crippen LogP contribution in [0.3, 0.4) is 0 Å². The highest BCUT2D eigenvalue weighted by atomic mass is 32.2. The zero-order chi connectivity index (χ0) is 14.8. The number of hydrogen-bond donors (Lipinski definition) is 2. The summed E-state index contributed by atoms with van der Waals surface area (Å²) in [5.74, 6) is 0. The highest BCUT2D eigenvalue weighted by Crippen LogP contribution is 2.20. The minimum Gasteiger partial charge on any atom is -0.394 e. The summed E-state index contributed by atoms with van der Waals surface area (Å²) in [6, 6.07) is -0.403. The van der Waals surface area contributed by atoms with E-state index in [0.29, 0.717) is 5.01 Å². The fourth-order valence-electron chi connectivity index (χ4n) is 1.63. The lowest BCUT2D eigenvalue weighted by molar-refractivity contribution is 0.269. The van der Waals surface area contributed by atoms with E-state index in [0.717, 1.165) is 5.69 Å². The number of thiazole rings is 1. The summed E-state index contributed by atoms with van der Waals surface area (Å²) in [4.78, 5) is 4.34. The van der Waals surface area contributed by atoms with Gasteiger partial charge in [0.15, 0.2) is 0 Å². The van der Waals surface area contributed by atoms with Crippen molar-refractivity contribution < 1.29 is 13.5 Å². The van der Waals surface area contributed by atoms with Gasteiger partial charge < -0.3 is 5.11 Å². The van der Waals surface area contributed by atoms with Crippen molar-refractivity contribution in [2.75, 3.05) is 6.61 Å². The first-order valence-electron chi connectivity index (χ1n) is 6.00. The third-order valence-electron chi connectivity index (χ3n) is 2.59. The number of aliphatic hydroxyl groups is 1. The fraction of sp³-hybridized carbons (Fsp3) is 0.455. The number of aromatic nitrogens is 3. The molecule has 0 radical (unpaired) electrons. The predicted octanol–water partition coefficient (Wildman–Crippen LogP) is 0.680. The van der Waals surface area contributed by atoms with Gasteiger partial charge in [0.1, 0.15) is 9.90 Å². The third-order valence-corrected chi connectivity index (χ3v) is 5.23. The molecule has 2 heterocycles. The average molecular weight is 316 g/mol. The van der Waals surface area contributed by atoms with E-state index < -0.39 is 16.1 Å². The van der Waals surface area contributed by atoms with E-state index in [1.165, 1.54) is 28.4 Å². The normalized spacial score (nSPS) is 13.6. The van der Waals surface area contributed by atoms with Crippen LogP contribution >= 0.6 is 11.3 Å². The molecule has 2 N–H and O–H groups in total. The third kappa shape index (κ3) is 3.42. The Labute approximate surface area is 121 Å². The summed E-state index contributed by atoms with van der Waals surface area (Å²) >= 11 is 1.41. The van der Waals surface area contributed by atoms with Crippen LogP contribution in [0.5, 0.6) is 0 Å². The first-order chi connectivity index (χ1) is 9.42. The van der Waals surface area contributed by atoms with Gasteiger partial charge in [-0.1, -0.05) is 0 Å². The molecule has 0 bridgehead atoms. The van der Waals surface area contributed by atoms with E-state index in [-0.39, 0.29) is 18.0 Å². The Morgan fingerprint density at radius 1 is 1.55 bits per heavy atom. The molecule has 0 spiro atoms. The molecule has 7 nitrogen and oxygen atoms in total. The maximum atomic E-state index is 12.2. The first-order valence-corrected chi connectivity index (χ1v) is 8.36. The van der Waals surface area contributed by atoms with Crippen molar-refractivity contribution in [2.45, 2.75) is 31.3 Å². The zero-order valence-corrected chi connectivity index (χ0v) is 12.8. The zero-order valence-electron chi connectivity index (χ0n) is 11.1. The summed E-state index contributed by atoms with van der Waals surface area (Å²) in [7, 11) is -3.64. The Hall–Kier alpha value is -1.29. The van der Waals surface area contributed by atoms with Gasteiger partial charge in [-0.2, -0.15) is 5.10 Å². The van der Waals surface area contributed by atoms with Gasteiger partial charge in [-0.15, -0.1) is 11.3 Å². The van der Waals surface area contributed by atoms with Gasteiger partial charge >= 0.3 is 0 Å². The number of aryl methyl sites for hydroxylation is 1. The second-order valence-corrected chi connectivity index (χ2v) is 6.94. The van der Waals surface area contributed by atoms with Crippen molar-refractivity contribution in [3.05, 3.63) is 28.5 Å². The molecule has 0 saturated heterocycles. The lowest BCUT2D eigenvalue weighted by atomic mass is 10.4. The molecule has 0 saturated carbocycles. The summed E-state index contributed by atoms with van der Waals surface area (Å²) in [5.41, 5.74) is 0.867. The van der Waals surface area contributed by atoms with Gasteiger partial charge in [-0.25, -0.2) is 18.1 Å². The van der Waals surface area contributed by atoms with Gasteiger partial charge in [-0.3, -0.25) is 4.68 Å². The molecule has 1 unspecified atom stereocenters. The summed E-state index contributed by atoms with van der Waals surface area (Å²) < 4.78 is 28.3. The Morgan fingerprint density at radius 2 is 2.30 bits per heavy atom. The smallest absolute Gasteiger partial charge is 0.244 e. The van der Waals surface area contributed by atoms with E-state index in [4.69, 9.17) is 5.11 Å². The molecule has 2 rings (SSSR count). The standard InChI is InChI=1S/C11H16N4O3S2/c1-8-7-19-11(13-8)9(2)14-20(17,18)10-5-12-15(6-10)3-4-16/h5-7,9,14,16H,3-4H2,1-2H3. The largest absolute Gasteiger partial charge is 0.394 e. The van der Waals surface area contributed by atoms with Gasteiger partial charge in [0.2, 0.25) is 10.0 Å². The van der Waals surface area contributed by atoms with Crippen LogP contribution in [-0.2, 0) is 16.6 Å². The van der Waals surface area contributed by atoms with Crippen LogP contribution in [0.15, 0.2) is 22.7 Å². The fourth-order valence-corrected chi connectivity index (χ4v) is 3.67. The van der Waals surface area contributed by atoms with Crippen LogP contribution < -0.4 is 4.72 Å². The first kappa shape index (κ1) is 15.1. The van der Waals surface area contributed by atoms with Crippen molar-refractivity contribution in [3.8, 4) is 0 Å². The van der Waals surface area contributed by atoms with Crippen LogP contribution in [0.1, 0.15) is 23.7 Å². The van der Waals surface area contributed by atoms with Gasteiger partial charge in [0.25, 0.3) is 0 Å². The average Bonchev–Trinajstić information content (AvgIpc) is 2.98. The summed E-state index contributed by atoms with van der Waals surface area (Å²) in [6.45, 7) is 3.77. The van der Waals surface area contributed by atoms with E-state index in [1.807, 2.05) is 12.3 Å². The van der Waals surface area contributed by atoms with E-state index in [9.17, 15) is 8.42 Å². The van der Waals surface area contributed by atoms with Crippen LogP contribution in [0.2, 0.25) is 0 Å². The maximum absolute atomic E-state index is 12.2. The molecular weight excluding hydrogens is 300 g/mol. The van der Waals surface area contributed by atoms with Gasteiger partial charge in [0.05, 0.1) is 25.4 Å². The topological polar surface area (TPSA) is 97.1 Å². The quantitative estimate of drug-likeness (QED) is 0.817. The molecule has 0 aliphatic carbocycles.